The Balaban J connectivity index is 2.35. The lowest BCUT2D eigenvalue weighted by Gasteiger charge is -2.28. The molecule has 0 amide bonds. The largest absolute Gasteiger partial charge is 0.459 e. The quantitative estimate of drug-likeness (QED) is 0.601. The third kappa shape index (κ3) is 4.23. The second-order valence-electron chi connectivity index (χ2n) is 6.16. The normalized spacial score (nSPS) is 13.7. The van der Waals surface area contributed by atoms with E-state index >= 15 is 0 Å². The van der Waals surface area contributed by atoms with Gasteiger partial charge < -0.3 is 4.57 Å². The van der Waals surface area contributed by atoms with Crippen molar-refractivity contribution in [3.05, 3.63) is 30.2 Å². The van der Waals surface area contributed by atoms with Gasteiger partial charge in [0.15, 0.2) is 15.7 Å². The molecule has 2 rings (SSSR count). The number of hydrogen-bond acceptors (Lipinski definition) is 4. The van der Waals surface area contributed by atoms with Crippen LogP contribution < -0.4 is 0 Å². The lowest BCUT2D eigenvalue weighted by atomic mass is 10.0. The van der Waals surface area contributed by atoms with Crippen molar-refractivity contribution < 1.29 is 39.2 Å². The van der Waals surface area contributed by atoms with E-state index in [0.717, 1.165) is 10.8 Å². The topological polar surface area (TPSA) is 64.8 Å². The second kappa shape index (κ2) is 7.58. The van der Waals surface area contributed by atoms with Crippen molar-refractivity contribution in [3.8, 4) is 11.5 Å². The zero-order valence-corrected chi connectivity index (χ0v) is 16.0. The van der Waals surface area contributed by atoms with Gasteiger partial charge in [0.25, 0.3) is 0 Å². The van der Waals surface area contributed by atoms with Crippen molar-refractivity contribution in [2.45, 2.75) is 42.7 Å². The summed E-state index contributed by atoms with van der Waals surface area (Å²) in [4.78, 5) is 7.66. The van der Waals surface area contributed by atoms with Crippen molar-refractivity contribution in [2.24, 2.45) is 7.05 Å². The number of rotatable bonds is 7. The predicted molar refractivity (Wildman–Crippen MR) is 88.4 cm³/mol. The van der Waals surface area contributed by atoms with Crippen LogP contribution in [0.25, 0.3) is 11.5 Å². The molecule has 0 atom stereocenters. The Hall–Kier alpha value is -2.18. The van der Waals surface area contributed by atoms with Crippen LogP contribution in [-0.2, 0) is 23.3 Å². The van der Waals surface area contributed by atoms with E-state index in [4.69, 9.17) is 0 Å². The number of sulfone groups is 1. The maximum atomic E-state index is 13.5. The van der Waals surface area contributed by atoms with Gasteiger partial charge in [-0.15, -0.1) is 0 Å². The van der Waals surface area contributed by atoms with E-state index in [1.807, 2.05) is 0 Å². The monoisotopic (exact) mass is 447 g/mol. The Kier molecular flexibility index (Phi) is 6.04. The molecule has 2 heterocycles. The summed E-state index contributed by atoms with van der Waals surface area (Å²) in [6.45, 7) is 1.40. The number of nitrogens with zero attached hydrogens (tertiary/aromatic N) is 3. The summed E-state index contributed by atoms with van der Waals surface area (Å²) >= 11 is 0. The Morgan fingerprint density at radius 2 is 1.69 bits per heavy atom. The van der Waals surface area contributed by atoms with Crippen molar-refractivity contribution >= 4 is 9.84 Å². The Morgan fingerprint density at radius 3 is 2.24 bits per heavy atom. The lowest BCUT2D eigenvalue weighted by molar-refractivity contribution is -0.355. The molecule has 0 aromatic carbocycles. The minimum Gasteiger partial charge on any atom is -0.330 e. The fourth-order valence-corrected chi connectivity index (χ4v) is 3.55. The van der Waals surface area contributed by atoms with Crippen LogP contribution in [0.4, 0.5) is 30.7 Å². The molecule has 0 aliphatic heterocycles. The van der Waals surface area contributed by atoms with E-state index in [2.05, 4.69) is 9.97 Å². The van der Waals surface area contributed by atoms with Gasteiger partial charge in [-0.3, -0.25) is 4.98 Å². The van der Waals surface area contributed by atoms with Gasteiger partial charge in [0, 0.05) is 31.6 Å². The van der Waals surface area contributed by atoms with E-state index < -0.39 is 40.7 Å². The molecule has 0 spiro atoms. The van der Waals surface area contributed by atoms with Crippen LogP contribution in [0.3, 0.4) is 0 Å². The summed E-state index contributed by atoms with van der Waals surface area (Å²) < 4.78 is 115. The van der Waals surface area contributed by atoms with Crippen LogP contribution in [0.2, 0.25) is 0 Å². The maximum Gasteiger partial charge on any atom is 0.459 e. The summed E-state index contributed by atoms with van der Waals surface area (Å²) in [5.74, 6) is -11.8. The molecule has 0 fully saturated rings. The summed E-state index contributed by atoms with van der Waals surface area (Å²) in [7, 11) is -2.43. The van der Waals surface area contributed by atoms with Crippen LogP contribution in [0, 0.1) is 0 Å². The minimum atomic E-state index is -6.40. The number of imidazole rings is 1. The predicted octanol–water partition coefficient (Wildman–Crippen LogP) is 4.04. The van der Waals surface area contributed by atoms with Crippen LogP contribution in [0.5, 0.6) is 0 Å². The first kappa shape index (κ1) is 23.1. The van der Waals surface area contributed by atoms with Gasteiger partial charge in [-0.2, -0.15) is 30.7 Å². The first-order valence-corrected chi connectivity index (χ1v) is 9.82. The molecule has 0 N–H and O–H groups in total. The van der Waals surface area contributed by atoms with Gasteiger partial charge in [-0.25, -0.2) is 13.4 Å². The SMILES string of the molecule is CCS(=O)(=O)c1cccnc1-c1ncc(CCC(F)(F)C(F)(F)C(F)(F)F)n1C. The molecule has 13 heteroatoms. The number of halogens is 7. The molecule has 2 aromatic heterocycles. The van der Waals surface area contributed by atoms with Gasteiger partial charge in [0.1, 0.15) is 5.69 Å². The van der Waals surface area contributed by atoms with Gasteiger partial charge >= 0.3 is 18.0 Å². The van der Waals surface area contributed by atoms with Crippen LogP contribution in [0.1, 0.15) is 19.0 Å². The molecular formula is C16H16F7N3O2S. The number of aromatic nitrogens is 3. The highest BCUT2D eigenvalue weighted by atomic mass is 32.2. The van der Waals surface area contributed by atoms with Crippen LogP contribution >= 0.6 is 0 Å². The average Bonchev–Trinajstić information content (AvgIpc) is 2.99. The average molecular weight is 447 g/mol. The zero-order valence-electron chi connectivity index (χ0n) is 15.1. The number of alkyl halides is 7. The van der Waals surface area contributed by atoms with E-state index in [9.17, 15) is 39.2 Å². The molecule has 0 bridgehead atoms. The highest BCUT2D eigenvalue weighted by Gasteiger charge is 2.72. The van der Waals surface area contributed by atoms with E-state index in [1.165, 1.54) is 32.3 Å². The smallest absolute Gasteiger partial charge is 0.330 e. The minimum absolute atomic E-state index is 0.0569. The fourth-order valence-electron chi connectivity index (χ4n) is 2.51. The molecule has 0 saturated heterocycles. The summed E-state index contributed by atoms with van der Waals surface area (Å²) in [6, 6.07) is 2.64. The number of hydrogen-bond donors (Lipinski definition) is 0. The van der Waals surface area contributed by atoms with Crippen molar-refractivity contribution in [3.63, 3.8) is 0 Å². The molecule has 29 heavy (non-hydrogen) atoms. The molecule has 2 aromatic rings. The van der Waals surface area contributed by atoms with Crippen molar-refractivity contribution in [1.29, 1.82) is 0 Å². The highest BCUT2D eigenvalue weighted by Crippen LogP contribution is 2.48. The molecule has 0 aliphatic carbocycles. The molecule has 0 radical (unpaired) electrons. The van der Waals surface area contributed by atoms with Gasteiger partial charge in [0.05, 0.1) is 10.6 Å². The number of pyridine rings is 1. The van der Waals surface area contributed by atoms with Crippen LogP contribution in [-0.4, -0.2) is 46.7 Å². The van der Waals surface area contributed by atoms with Crippen molar-refractivity contribution in [1.82, 2.24) is 14.5 Å². The Labute approximate surface area is 161 Å². The first-order valence-electron chi connectivity index (χ1n) is 8.17. The molecule has 0 unspecified atom stereocenters. The van der Waals surface area contributed by atoms with E-state index in [-0.39, 0.29) is 27.9 Å². The van der Waals surface area contributed by atoms with Gasteiger partial charge in [-0.1, -0.05) is 6.92 Å². The Morgan fingerprint density at radius 1 is 1.07 bits per heavy atom. The maximum absolute atomic E-state index is 13.5. The Bertz CT molecular complexity index is 985. The first-order chi connectivity index (χ1) is 13.2. The summed E-state index contributed by atoms with van der Waals surface area (Å²) in [5, 5.41) is 0. The third-order valence-corrected chi connectivity index (χ3v) is 6.05. The zero-order chi connectivity index (χ0) is 22.3. The fraction of sp³-hybridized carbons (Fsp3) is 0.500. The molecule has 0 saturated carbocycles. The summed E-state index contributed by atoms with van der Waals surface area (Å²) in [5.41, 5.74) is -0.182. The molecule has 162 valence electrons. The van der Waals surface area contributed by atoms with E-state index in [1.54, 1.807) is 0 Å². The standard InChI is InChI=1S/C16H16F7N3O2S/c1-3-29(27,28)11-5-4-8-24-12(11)13-25-9-10(26(13)2)6-7-14(17,18)15(19,20)16(21,22)23/h4-5,8-9H,3,6-7H2,1-2H3. The third-order valence-electron chi connectivity index (χ3n) is 4.29. The lowest BCUT2D eigenvalue weighted by Crippen LogP contribution is -2.52. The summed E-state index contributed by atoms with van der Waals surface area (Å²) in [6.07, 6.45) is -6.78. The van der Waals surface area contributed by atoms with E-state index in [0.29, 0.717) is 0 Å². The number of aryl methyl sites for hydroxylation is 1. The second-order valence-corrected chi connectivity index (χ2v) is 8.41. The van der Waals surface area contributed by atoms with Gasteiger partial charge in [-0.05, 0) is 18.6 Å². The molecular weight excluding hydrogens is 431 g/mol. The van der Waals surface area contributed by atoms with Gasteiger partial charge in [0.2, 0.25) is 0 Å². The van der Waals surface area contributed by atoms with Crippen LogP contribution in [0.15, 0.2) is 29.4 Å². The van der Waals surface area contributed by atoms with Crippen molar-refractivity contribution in [2.75, 3.05) is 5.75 Å². The molecule has 5 nitrogen and oxygen atoms in total. The molecule has 0 aliphatic rings. The highest BCUT2D eigenvalue weighted by molar-refractivity contribution is 7.91.